The number of urea groups is 1. The number of aliphatic hydroxyl groups excluding tert-OH is 1. The molecule has 2 unspecified atom stereocenters. The highest BCUT2D eigenvalue weighted by Gasteiger charge is 2.39. The molecule has 108 valence electrons. The molecule has 1 saturated heterocycles. The standard InChI is InChI=1S/C14H18N2O4/c1-8-4-3-5-9(2)12(8)15-14(20)16-7-10(17)6-11(16)13(18)19/h3-5,10-11,17H,6-7H2,1-2H3,(H,15,20)(H,18,19). The van der Waals surface area contributed by atoms with E-state index in [0.717, 1.165) is 11.1 Å². The zero-order valence-corrected chi connectivity index (χ0v) is 11.5. The molecule has 0 spiro atoms. The van der Waals surface area contributed by atoms with Crippen molar-refractivity contribution in [1.82, 2.24) is 4.90 Å². The summed E-state index contributed by atoms with van der Waals surface area (Å²) in [7, 11) is 0. The molecular formula is C14H18N2O4. The number of carboxylic acid groups (broad SMARTS) is 1. The van der Waals surface area contributed by atoms with Crippen molar-refractivity contribution in [3.8, 4) is 0 Å². The maximum atomic E-state index is 12.2. The molecule has 1 aliphatic rings. The monoisotopic (exact) mass is 278 g/mol. The molecule has 20 heavy (non-hydrogen) atoms. The Morgan fingerprint density at radius 1 is 1.30 bits per heavy atom. The maximum absolute atomic E-state index is 12.2. The third-order valence-corrected chi connectivity index (χ3v) is 3.54. The fraction of sp³-hybridized carbons (Fsp3) is 0.429. The minimum absolute atomic E-state index is 0.0354. The molecule has 1 aromatic carbocycles. The van der Waals surface area contributed by atoms with Gasteiger partial charge in [-0.05, 0) is 25.0 Å². The molecule has 6 heteroatoms. The molecule has 0 saturated carbocycles. The zero-order chi connectivity index (χ0) is 14.9. The van der Waals surface area contributed by atoms with Gasteiger partial charge in [0.2, 0.25) is 0 Å². The van der Waals surface area contributed by atoms with Gasteiger partial charge in [-0.15, -0.1) is 0 Å². The molecule has 0 bridgehead atoms. The summed E-state index contributed by atoms with van der Waals surface area (Å²) in [4.78, 5) is 24.5. The molecule has 0 radical (unpaired) electrons. The van der Waals surface area contributed by atoms with E-state index in [1.807, 2.05) is 32.0 Å². The summed E-state index contributed by atoms with van der Waals surface area (Å²) >= 11 is 0. The predicted octanol–water partition coefficient (Wildman–Crippen LogP) is 1.36. The van der Waals surface area contributed by atoms with E-state index in [4.69, 9.17) is 5.11 Å². The number of carbonyl (C=O) groups excluding carboxylic acids is 1. The number of carboxylic acids is 1. The summed E-state index contributed by atoms with van der Waals surface area (Å²) in [6, 6.07) is 4.16. The Balaban J connectivity index is 2.18. The van der Waals surface area contributed by atoms with Crippen LogP contribution in [0.3, 0.4) is 0 Å². The summed E-state index contributed by atoms with van der Waals surface area (Å²) in [6.07, 6.45) is -0.727. The topological polar surface area (TPSA) is 89.9 Å². The Hall–Kier alpha value is -2.08. The molecule has 1 aliphatic heterocycles. The lowest BCUT2D eigenvalue weighted by molar-refractivity contribution is -0.141. The summed E-state index contributed by atoms with van der Waals surface area (Å²) in [5.74, 6) is -1.10. The van der Waals surface area contributed by atoms with E-state index in [9.17, 15) is 14.7 Å². The number of nitrogens with one attached hydrogen (secondary N) is 1. The molecule has 1 fully saturated rings. The number of benzene rings is 1. The van der Waals surface area contributed by atoms with Crippen LogP contribution in [0.2, 0.25) is 0 Å². The molecule has 2 rings (SSSR count). The predicted molar refractivity (Wildman–Crippen MR) is 73.7 cm³/mol. The second kappa shape index (κ2) is 5.50. The van der Waals surface area contributed by atoms with Crippen LogP contribution in [-0.4, -0.2) is 45.8 Å². The van der Waals surface area contributed by atoms with Crippen molar-refractivity contribution in [2.24, 2.45) is 0 Å². The van der Waals surface area contributed by atoms with Crippen LogP contribution in [-0.2, 0) is 4.79 Å². The lowest BCUT2D eigenvalue weighted by atomic mass is 10.1. The Bertz CT molecular complexity index is 524. The van der Waals surface area contributed by atoms with E-state index in [1.54, 1.807) is 0 Å². The van der Waals surface area contributed by atoms with Gasteiger partial charge in [-0.3, -0.25) is 0 Å². The van der Waals surface area contributed by atoms with Gasteiger partial charge >= 0.3 is 12.0 Å². The van der Waals surface area contributed by atoms with Gasteiger partial charge in [0.05, 0.1) is 6.10 Å². The number of rotatable bonds is 2. The van der Waals surface area contributed by atoms with Crippen LogP contribution in [0.5, 0.6) is 0 Å². The van der Waals surface area contributed by atoms with Crippen LogP contribution in [0, 0.1) is 13.8 Å². The number of β-amino-alcohol motifs (C(OH)–C–C–N with tert-alkyl or cyclic N) is 1. The van der Waals surface area contributed by atoms with E-state index < -0.39 is 24.1 Å². The normalized spacial score (nSPS) is 21.9. The van der Waals surface area contributed by atoms with Crippen LogP contribution in [0.25, 0.3) is 0 Å². The average Bonchev–Trinajstić information content (AvgIpc) is 2.76. The third kappa shape index (κ3) is 2.75. The molecule has 2 atom stereocenters. The number of amides is 2. The number of hydrogen-bond donors (Lipinski definition) is 3. The van der Waals surface area contributed by atoms with Gasteiger partial charge in [0.1, 0.15) is 6.04 Å². The lowest BCUT2D eigenvalue weighted by Gasteiger charge is -2.22. The van der Waals surface area contributed by atoms with Crippen molar-refractivity contribution < 1.29 is 19.8 Å². The van der Waals surface area contributed by atoms with Crippen LogP contribution < -0.4 is 5.32 Å². The smallest absolute Gasteiger partial charge is 0.326 e. The first kappa shape index (κ1) is 14.3. The summed E-state index contributed by atoms with van der Waals surface area (Å²) in [6.45, 7) is 3.78. The first-order chi connectivity index (χ1) is 9.40. The maximum Gasteiger partial charge on any atom is 0.326 e. The minimum Gasteiger partial charge on any atom is -0.480 e. The van der Waals surface area contributed by atoms with Gasteiger partial charge in [-0.1, -0.05) is 18.2 Å². The van der Waals surface area contributed by atoms with E-state index in [-0.39, 0.29) is 13.0 Å². The van der Waals surface area contributed by atoms with Crippen molar-refractivity contribution in [1.29, 1.82) is 0 Å². The SMILES string of the molecule is Cc1cccc(C)c1NC(=O)N1CC(O)CC1C(=O)O. The fourth-order valence-corrected chi connectivity index (χ4v) is 2.46. The van der Waals surface area contributed by atoms with Crippen molar-refractivity contribution >= 4 is 17.7 Å². The number of aliphatic hydroxyl groups is 1. The lowest BCUT2D eigenvalue weighted by Crippen LogP contribution is -2.43. The molecule has 1 heterocycles. The summed E-state index contributed by atoms with van der Waals surface area (Å²) in [5, 5.41) is 21.4. The van der Waals surface area contributed by atoms with Gasteiger partial charge < -0.3 is 20.4 Å². The fourth-order valence-electron chi connectivity index (χ4n) is 2.46. The highest BCUT2D eigenvalue weighted by Crippen LogP contribution is 2.23. The molecular weight excluding hydrogens is 260 g/mol. The average molecular weight is 278 g/mol. The Labute approximate surface area is 117 Å². The number of aryl methyl sites for hydroxylation is 2. The number of aliphatic carboxylic acids is 1. The molecule has 0 aliphatic carbocycles. The van der Waals surface area contributed by atoms with E-state index in [2.05, 4.69) is 5.32 Å². The van der Waals surface area contributed by atoms with Crippen LogP contribution >= 0.6 is 0 Å². The molecule has 6 nitrogen and oxygen atoms in total. The summed E-state index contributed by atoms with van der Waals surface area (Å²) in [5.41, 5.74) is 2.50. The number of likely N-dealkylation sites (tertiary alicyclic amines) is 1. The Kier molecular flexibility index (Phi) is 3.94. The first-order valence-corrected chi connectivity index (χ1v) is 6.45. The molecule has 1 aromatic rings. The molecule has 3 N–H and O–H groups in total. The zero-order valence-electron chi connectivity index (χ0n) is 11.5. The Morgan fingerprint density at radius 2 is 1.90 bits per heavy atom. The van der Waals surface area contributed by atoms with Crippen molar-refractivity contribution in [3.05, 3.63) is 29.3 Å². The van der Waals surface area contributed by atoms with Crippen molar-refractivity contribution in [3.63, 3.8) is 0 Å². The van der Waals surface area contributed by atoms with Gasteiger partial charge in [-0.2, -0.15) is 0 Å². The number of anilines is 1. The van der Waals surface area contributed by atoms with E-state index in [1.165, 1.54) is 4.90 Å². The van der Waals surface area contributed by atoms with Gasteiger partial charge in [0.25, 0.3) is 0 Å². The molecule has 0 aromatic heterocycles. The van der Waals surface area contributed by atoms with Gasteiger partial charge in [0.15, 0.2) is 0 Å². The highest BCUT2D eigenvalue weighted by molar-refractivity contribution is 5.94. The second-order valence-electron chi connectivity index (χ2n) is 5.09. The molecule has 2 amide bonds. The number of para-hydroxylation sites is 1. The van der Waals surface area contributed by atoms with Crippen molar-refractivity contribution in [2.75, 3.05) is 11.9 Å². The van der Waals surface area contributed by atoms with Gasteiger partial charge in [0, 0.05) is 18.7 Å². The van der Waals surface area contributed by atoms with Crippen LogP contribution in [0.15, 0.2) is 18.2 Å². The van der Waals surface area contributed by atoms with E-state index >= 15 is 0 Å². The third-order valence-electron chi connectivity index (χ3n) is 3.54. The number of nitrogens with zero attached hydrogens (tertiary/aromatic N) is 1. The number of carbonyl (C=O) groups is 2. The minimum atomic E-state index is -1.10. The van der Waals surface area contributed by atoms with Crippen LogP contribution in [0.1, 0.15) is 17.5 Å². The Morgan fingerprint density at radius 3 is 2.45 bits per heavy atom. The quantitative estimate of drug-likeness (QED) is 0.762. The highest BCUT2D eigenvalue weighted by atomic mass is 16.4. The van der Waals surface area contributed by atoms with E-state index in [0.29, 0.717) is 5.69 Å². The van der Waals surface area contributed by atoms with Gasteiger partial charge in [-0.25, -0.2) is 9.59 Å². The first-order valence-electron chi connectivity index (χ1n) is 6.45. The second-order valence-corrected chi connectivity index (χ2v) is 5.09. The largest absolute Gasteiger partial charge is 0.480 e. The van der Waals surface area contributed by atoms with Crippen molar-refractivity contribution in [2.45, 2.75) is 32.4 Å². The summed E-state index contributed by atoms with van der Waals surface area (Å²) < 4.78 is 0. The van der Waals surface area contributed by atoms with Crippen LogP contribution in [0.4, 0.5) is 10.5 Å². The number of hydrogen-bond acceptors (Lipinski definition) is 3.